The monoisotopic (exact) mass is 374 g/mol. The molecule has 136 valence electrons. The Morgan fingerprint density at radius 3 is 2.38 bits per heavy atom. The average molecular weight is 374 g/mol. The molecule has 0 aromatic heterocycles. The first-order valence-corrected chi connectivity index (χ1v) is 9.51. The molecule has 0 saturated heterocycles. The molecule has 3 N–H and O–H groups in total. The van der Waals surface area contributed by atoms with Crippen LogP contribution in [0.3, 0.4) is 0 Å². The second-order valence-electron chi connectivity index (χ2n) is 6.15. The number of nitrogens with two attached hydrogens (primary N) is 1. The predicted octanol–water partition coefficient (Wildman–Crippen LogP) is 1.55. The van der Waals surface area contributed by atoms with E-state index >= 15 is 0 Å². The summed E-state index contributed by atoms with van der Waals surface area (Å²) in [5.41, 5.74) is 0.475. The number of anilines is 1. The third-order valence-electron chi connectivity index (χ3n) is 4.25. The minimum absolute atomic E-state index is 0.117. The highest BCUT2D eigenvalue weighted by Gasteiger charge is 2.52. The molecule has 2 aromatic carbocycles. The number of amides is 1. The second-order valence-corrected chi connectivity index (χ2v) is 7.71. The summed E-state index contributed by atoms with van der Waals surface area (Å²) in [5, 5.41) is 7.54. The Labute approximate surface area is 151 Å². The number of benzene rings is 2. The lowest BCUT2D eigenvalue weighted by atomic mass is 9.96. The molecule has 7 nitrogen and oxygen atoms in total. The van der Waals surface area contributed by atoms with E-state index in [4.69, 9.17) is 9.88 Å². The van der Waals surface area contributed by atoms with E-state index in [9.17, 15) is 18.0 Å². The van der Waals surface area contributed by atoms with Gasteiger partial charge in [0.05, 0.1) is 10.3 Å². The van der Waals surface area contributed by atoms with Crippen LogP contribution in [0.2, 0.25) is 0 Å². The second kappa shape index (κ2) is 6.89. The topological polar surface area (TPSA) is 116 Å². The van der Waals surface area contributed by atoms with Gasteiger partial charge in [0.1, 0.15) is 0 Å². The Morgan fingerprint density at radius 1 is 1.08 bits per heavy atom. The Kier molecular flexibility index (Phi) is 4.80. The van der Waals surface area contributed by atoms with Crippen molar-refractivity contribution in [1.82, 2.24) is 0 Å². The molecule has 3 rings (SSSR count). The van der Waals surface area contributed by atoms with Gasteiger partial charge in [-0.05, 0) is 36.6 Å². The highest BCUT2D eigenvalue weighted by atomic mass is 32.2. The average Bonchev–Trinajstić information content (AvgIpc) is 3.42. The standard InChI is InChI=1S/C18H18N2O5S/c19-26(23,24)15-8-4-7-14(11-15)20-16(21)12-25-17(22)18(9-10-18)13-5-2-1-3-6-13/h1-8,11H,9-10,12H2,(H,20,21)(H2,19,23,24). The van der Waals surface area contributed by atoms with Crippen LogP contribution in [-0.2, 0) is 29.8 Å². The molecule has 1 aliphatic rings. The number of hydrogen-bond donors (Lipinski definition) is 2. The third-order valence-corrected chi connectivity index (χ3v) is 5.16. The maximum absolute atomic E-state index is 12.4. The van der Waals surface area contributed by atoms with E-state index < -0.39 is 33.9 Å². The van der Waals surface area contributed by atoms with Crippen LogP contribution in [0.15, 0.2) is 59.5 Å². The predicted molar refractivity (Wildman–Crippen MR) is 94.8 cm³/mol. The molecular weight excluding hydrogens is 356 g/mol. The third kappa shape index (κ3) is 3.92. The molecule has 0 spiro atoms. The van der Waals surface area contributed by atoms with Crippen LogP contribution in [0.5, 0.6) is 0 Å². The largest absolute Gasteiger partial charge is 0.455 e. The van der Waals surface area contributed by atoms with Crippen LogP contribution in [0.25, 0.3) is 0 Å². The molecule has 0 heterocycles. The van der Waals surface area contributed by atoms with Gasteiger partial charge in [-0.15, -0.1) is 0 Å². The Bertz CT molecular complexity index is 937. The summed E-state index contributed by atoms with van der Waals surface area (Å²) in [7, 11) is -3.87. The van der Waals surface area contributed by atoms with E-state index in [0.29, 0.717) is 12.8 Å². The van der Waals surface area contributed by atoms with Crippen molar-refractivity contribution in [2.75, 3.05) is 11.9 Å². The molecule has 1 saturated carbocycles. The lowest BCUT2D eigenvalue weighted by Crippen LogP contribution is -2.28. The highest BCUT2D eigenvalue weighted by molar-refractivity contribution is 7.89. The minimum Gasteiger partial charge on any atom is -0.455 e. The first-order valence-electron chi connectivity index (χ1n) is 7.97. The molecule has 0 atom stereocenters. The van der Waals surface area contributed by atoms with Crippen molar-refractivity contribution in [3.05, 3.63) is 60.2 Å². The summed E-state index contributed by atoms with van der Waals surface area (Å²) >= 11 is 0. The quantitative estimate of drug-likeness (QED) is 0.744. The Balaban J connectivity index is 1.59. The molecule has 2 aromatic rings. The molecule has 0 unspecified atom stereocenters. The summed E-state index contributed by atoms with van der Waals surface area (Å²) in [6.07, 6.45) is 1.38. The Hall–Kier alpha value is -2.71. The number of sulfonamides is 1. The number of esters is 1. The fourth-order valence-electron chi connectivity index (χ4n) is 2.71. The fraction of sp³-hybridized carbons (Fsp3) is 0.222. The van der Waals surface area contributed by atoms with Crippen molar-refractivity contribution in [1.29, 1.82) is 0 Å². The van der Waals surface area contributed by atoms with E-state index in [2.05, 4.69) is 5.32 Å². The number of hydrogen-bond acceptors (Lipinski definition) is 5. The van der Waals surface area contributed by atoms with Crippen LogP contribution in [0, 0.1) is 0 Å². The first kappa shape index (κ1) is 18.1. The van der Waals surface area contributed by atoms with Gasteiger partial charge in [0.25, 0.3) is 5.91 Å². The lowest BCUT2D eigenvalue weighted by molar-refractivity contribution is -0.150. The van der Waals surface area contributed by atoms with Crippen LogP contribution >= 0.6 is 0 Å². The number of primary sulfonamides is 1. The molecule has 26 heavy (non-hydrogen) atoms. The fourth-order valence-corrected chi connectivity index (χ4v) is 3.27. The normalized spacial score (nSPS) is 15.1. The molecule has 1 fully saturated rings. The van der Waals surface area contributed by atoms with Gasteiger partial charge in [-0.25, -0.2) is 13.6 Å². The van der Waals surface area contributed by atoms with Gasteiger partial charge in [-0.3, -0.25) is 9.59 Å². The zero-order chi connectivity index (χ0) is 18.8. The Morgan fingerprint density at radius 2 is 1.77 bits per heavy atom. The van der Waals surface area contributed by atoms with Gasteiger partial charge in [-0.1, -0.05) is 36.4 Å². The summed E-state index contributed by atoms with van der Waals surface area (Å²) in [4.78, 5) is 24.2. The van der Waals surface area contributed by atoms with Crippen LogP contribution in [0.1, 0.15) is 18.4 Å². The maximum atomic E-state index is 12.4. The summed E-state index contributed by atoms with van der Waals surface area (Å²) in [5.74, 6) is -0.995. The van der Waals surface area contributed by atoms with Crippen molar-refractivity contribution < 1.29 is 22.7 Å². The molecule has 1 aliphatic carbocycles. The van der Waals surface area contributed by atoms with Crippen LogP contribution in [0.4, 0.5) is 5.69 Å². The SMILES string of the molecule is NS(=O)(=O)c1cccc(NC(=O)COC(=O)C2(c3ccccc3)CC2)c1. The van der Waals surface area contributed by atoms with Crippen molar-refractivity contribution in [2.24, 2.45) is 5.14 Å². The summed E-state index contributed by atoms with van der Waals surface area (Å²) in [6, 6.07) is 14.8. The van der Waals surface area contributed by atoms with E-state index in [1.807, 2.05) is 30.3 Å². The first-order chi connectivity index (χ1) is 12.3. The van der Waals surface area contributed by atoms with Gasteiger partial charge in [-0.2, -0.15) is 0 Å². The van der Waals surface area contributed by atoms with Gasteiger partial charge >= 0.3 is 5.97 Å². The number of carbonyl (C=O) groups excluding carboxylic acids is 2. The number of carbonyl (C=O) groups is 2. The zero-order valence-electron chi connectivity index (χ0n) is 13.8. The van der Waals surface area contributed by atoms with Gasteiger partial charge in [0.2, 0.25) is 10.0 Å². The molecule has 0 bridgehead atoms. The maximum Gasteiger partial charge on any atom is 0.317 e. The van der Waals surface area contributed by atoms with Crippen LogP contribution in [-0.4, -0.2) is 26.9 Å². The minimum atomic E-state index is -3.87. The smallest absolute Gasteiger partial charge is 0.317 e. The summed E-state index contributed by atoms with van der Waals surface area (Å²) in [6.45, 7) is -0.451. The molecular formula is C18H18N2O5S. The van der Waals surface area contributed by atoms with Crippen molar-refractivity contribution >= 4 is 27.6 Å². The molecule has 8 heteroatoms. The number of nitrogens with one attached hydrogen (secondary N) is 1. The van der Waals surface area contributed by atoms with E-state index in [-0.39, 0.29) is 10.6 Å². The van der Waals surface area contributed by atoms with Gasteiger partial charge in [0, 0.05) is 5.69 Å². The molecule has 0 radical (unpaired) electrons. The number of rotatable bonds is 6. The van der Waals surface area contributed by atoms with Gasteiger partial charge < -0.3 is 10.1 Å². The summed E-state index contributed by atoms with van der Waals surface area (Å²) < 4.78 is 27.8. The van der Waals surface area contributed by atoms with Crippen LogP contribution < -0.4 is 10.5 Å². The highest BCUT2D eigenvalue weighted by Crippen LogP contribution is 2.49. The lowest BCUT2D eigenvalue weighted by Gasteiger charge is -2.14. The number of ether oxygens (including phenoxy) is 1. The van der Waals surface area contributed by atoms with Crippen molar-refractivity contribution in [2.45, 2.75) is 23.2 Å². The van der Waals surface area contributed by atoms with E-state index in [0.717, 1.165) is 5.56 Å². The zero-order valence-corrected chi connectivity index (χ0v) is 14.7. The van der Waals surface area contributed by atoms with E-state index in [1.165, 1.54) is 24.3 Å². The van der Waals surface area contributed by atoms with Crippen molar-refractivity contribution in [3.8, 4) is 0 Å². The van der Waals surface area contributed by atoms with E-state index in [1.54, 1.807) is 0 Å². The molecule has 1 amide bonds. The van der Waals surface area contributed by atoms with Crippen molar-refractivity contribution in [3.63, 3.8) is 0 Å². The molecule has 0 aliphatic heterocycles. The van der Waals surface area contributed by atoms with Gasteiger partial charge in [0.15, 0.2) is 6.61 Å².